The third-order valence-corrected chi connectivity index (χ3v) is 4.67. The van der Waals surface area contributed by atoms with Crippen LogP contribution in [0.15, 0.2) is 42.1 Å². The molecule has 0 aliphatic carbocycles. The van der Waals surface area contributed by atoms with Gasteiger partial charge in [0.15, 0.2) is 0 Å². The quantitative estimate of drug-likeness (QED) is 0.719. The lowest BCUT2D eigenvalue weighted by molar-refractivity contribution is -0.130. The Morgan fingerprint density at radius 3 is 2.89 bits per heavy atom. The van der Waals surface area contributed by atoms with Crippen LogP contribution in [0, 0.1) is 0 Å². The molecule has 1 fully saturated rings. The number of aromatic nitrogens is 3. The number of hydrogen-bond donors (Lipinski definition) is 2. The SMILES string of the molecule is C=CC(=O)N1CC(N(CCC)c2cc(-c3cc(NC)ncn3)c[nH]c2=O)C1. The fourth-order valence-electron chi connectivity index (χ4n) is 3.19. The number of likely N-dealkylation sites (tertiary alicyclic amines) is 1. The lowest BCUT2D eigenvalue weighted by Crippen LogP contribution is -2.61. The molecule has 142 valence electrons. The summed E-state index contributed by atoms with van der Waals surface area (Å²) in [6.07, 6.45) is 5.36. The Balaban J connectivity index is 1.90. The number of anilines is 2. The molecule has 3 rings (SSSR count). The van der Waals surface area contributed by atoms with Gasteiger partial charge in [-0.2, -0.15) is 0 Å². The monoisotopic (exact) mass is 368 g/mol. The highest BCUT2D eigenvalue weighted by molar-refractivity contribution is 5.87. The van der Waals surface area contributed by atoms with E-state index < -0.39 is 0 Å². The molecule has 0 bridgehead atoms. The van der Waals surface area contributed by atoms with Gasteiger partial charge in [-0.1, -0.05) is 13.5 Å². The average molecular weight is 368 g/mol. The van der Waals surface area contributed by atoms with Crippen LogP contribution >= 0.6 is 0 Å². The van der Waals surface area contributed by atoms with E-state index >= 15 is 0 Å². The van der Waals surface area contributed by atoms with Crippen molar-refractivity contribution in [2.75, 3.05) is 36.9 Å². The van der Waals surface area contributed by atoms with Gasteiger partial charge >= 0.3 is 0 Å². The molecule has 0 radical (unpaired) electrons. The maximum absolute atomic E-state index is 12.5. The molecule has 1 amide bonds. The Morgan fingerprint density at radius 1 is 1.44 bits per heavy atom. The number of amides is 1. The summed E-state index contributed by atoms with van der Waals surface area (Å²) in [5, 5.41) is 2.98. The number of carbonyl (C=O) groups is 1. The number of rotatable bonds is 7. The molecule has 0 aromatic carbocycles. The lowest BCUT2D eigenvalue weighted by Gasteiger charge is -2.45. The van der Waals surface area contributed by atoms with E-state index in [9.17, 15) is 9.59 Å². The van der Waals surface area contributed by atoms with Crippen LogP contribution in [0.1, 0.15) is 13.3 Å². The van der Waals surface area contributed by atoms with E-state index in [4.69, 9.17) is 0 Å². The third kappa shape index (κ3) is 3.84. The fraction of sp³-hybridized carbons (Fsp3) is 0.368. The summed E-state index contributed by atoms with van der Waals surface area (Å²) in [5.74, 6) is 0.627. The summed E-state index contributed by atoms with van der Waals surface area (Å²) in [4.78, 5) is 39.3. The normalized spacial score (nSPS) is 13.8. The summed E-state index contributed by atoms with van der Waals surface area (Å²) >= 11 is 0. The van der Waals surface area contributed by atoms with E-state index in [2.05, 4.69) is 38.7 Å². The Labute approximate surface area is 157 Å². The number of nitrogens with zero attached hydrogens (tertiary/aromatic N) is 4. The second-order valence-electron chi connectivity index (χ2n) is 6.44. The average Bonchev–Trinajstić information content (AvgIpc) is 2.66. The van der Waals surface area contributed by atoms with E-state index in [0.29, 0.717) is 24.6 Å². The van der Waals surface area contributed by atoms with E-state index in [0.717, 1.165) is 24.2 Å². The van der Waals surface area contributed by atoms with Crippen molar-refractivity contribution in [3.63, 3.8) is 0 Å². The first-order valence-corrected chi connectivity index (χ1v) is 8.98. The standard InChI is InChI=1S/C19H24N6O2/c1-4-6-25(14-10-24(11-14)18(26)5-2)16-7-13(9-21-19(16)27)15-8-17(20-3)23-12-22-15/h5,7-9,12,14H,2,4,6,10-11H2,1,3H3,(H,21,27)(H,20,22,23). The maximum atomic E-state index is 12.5. The van der Waals surface area contributed by atoms with Crippen molar-refractivity contribution in [1.82, 2.24) is 19.9 Å². The predicted molar refractivity (Wildman–Crippen MR) is 106 cm³/mol. The first-order chi connectivity index (χ1) is 13.1. The second-order valence-corrected chi connectivity index (χ2v) is 6.44. The largest absolute Gasteiger partial charge is 0.373 e. The van der Waals surface area contributed by atoms with Crippen molar-refractivity contribution >= 4 is 17.4 Å². The predicted octanol–water partition coefficient (Wildman–Crippen LogP) is 1.49. The van der Waals surface area contributed by atoms with Crippen LogP contribution in [0.25, 0.3) is 11.3 Å². The smallest absolute Gasteiger partial charge is 0.271 e. The number of pyridine rings is 1. The summed E-state index contributed by atoms with van der Waals surface area (Å²) in [6.45, 7) is 7.51. The maximum Gasteiger partial charge on any atom is 0.271 e. The van der Waals surface area contributed by atoms with Gasteiger partial charge in [-0.05, 0) is 18.6 Å². The summed E-state index contributed by atoms with van der Waals surface area (Å²) in [5.41, 5.74) is 1.97. The van der Waals surface area contributed by atoms with Crippen LogP contribution in [0.4, 0.5) is 11.5 Å². The summed E-state index contributed by atoms with van der Waals surface area (Å²) < 4.78 is 0. The zero-order valence-corrected chi connectivity index (χ0v) is 15.6. The molecule has 0 atom stereocenters. The molecular formula is C19H24N6O2. The Hall–Kier alpha value is -3.16. The molecular weight excluding hydrogens is 344 g/mol. The topological polar surface area (TPSA) is 94.2 Å². The molecule has 3 heterocycles. The van der Waals surface area contributed by atoms with Crippen LogP contribution in [0.2, 0.25) is 0 Å². The van der Waals surface area contributed by atoms with Gasteiger partial charge in [0, 0.05) is 44.5 Å². The number of hydrogen-bond acceptors (Lipinski definition) is 6. The number of nitrogens with one attached hydrogen (secondary N) is 2. The second kappa shape index (κ2) is 8.03. The number of aromatic amines is 1. The van der Waals surface area contributed by atoms with Crippen LogP contribution in [0.3, 0.4) is 0 Å². The zero-order chi connectivity index (χ0) is 19.4. The van der Waals surface area contributed by atoms with Crippen LogP contribution in [-0.2, 0) is 4.79 Å². The summed E-state index contributed by atoms with van der Waals surface area (Å²) in [6, 6.07) is 3.80. The van der Waals surface area contributed by atoms with Gasteiger partial charge < -0.3 is 20.1 Å². The van der Waals surface area contributed by atoms with Crippen molar-refractivity contribution < 1.29 is 4.79 Å². The van der Waals surface area contributed by atoms with Crippen molar-refractivity contribution in [1.29, 1.82) is 0 Å². The van der Waals surface area contributed by atoms with Gasteiger partial charge in [-0.3, -0.25) is 9.59 Å². The van der Waals surface area contributed by atoms with Crippen molar-refractivity contribution in [3.8, 4) is 11.3 Å². The molecule has 1 saturated heterocycles. The Kier molecular flexibility index (Phi) is 5.54. The molecule has 2 aromatic heterocycles. The fourth-order valence-corrected chi connectivity index (χ4v) is 3.19. The highest BCUT2D eigenvalue weighted by Gasteiger charge is 2.34. The van der Waals surface area contributed by atoms with E-state index in [1.54, 1.807) is 18.1 Å². The minimum absolute atomic E-state index is 0.0778. The Bertz CT molecular complexity index is 888. The van der Waals surface area contributed by atoms with E-state index in [1.807, 2.05) is 12.1 Å². The summed E-state index contributed by atoms with van der Waals surface area (Å²) in [7, 11) is 1.79. The first-order valence-electron chi connectivity index (χ1n) is 8.98. The van der Waals surface area contributed by atoms with Crippen molar-refractivity contribution in [2.45, 2.75) is 19.4 Å². The van der Waals surface area contributed by atoms with E-state index in [-0.39, 0.29) is 17.5 Å². The van der Waals surface area contributed by atoms with Gasteiger partial charge in [0.25, 0.3) is 5.56 Å². The van der Waals surface area contributed by atoms with Gasteiger partial charge in [0.2, 0.25) is 5.91 Å². The number of H-pyrrole nitrogens is 1. The minimum Gasteiger partial charge on any atom is -0.373 e. The molecule has 27 heavy (non-hydrogen) atoms. The van der Waals surface area contributed by atoms with E-state index in [1.165, 1.54) is 12.4 Å². The van der Waals surface area contributed by atoms with Crippen LogP contribution in [0.5, 0.6) is 0 Å². The molecule has 0 spiro atoms. The van der Waals surface area contributed by atoms with Crippen molar-refractivity contribution in [3.05, 3.63) is 47.7 Å². The molecule has 8 heteroatoms. The highest BCUT2D eigenvalue weighted by Crippen LogP contribution is 2.25. The minimum atomic E-state index is -0.149. The lowest BCUT2D eigenvalue weighted by atomic mass is 10.0. The molecule has 8 nitrogen and oxygen atoms in total. The highest BCUT2D eigenvalue weighted by atomic mass is 16.2. The zero-order valence-electron chi connectivity index (χ0n) is 15.6. The van der Waals surface area contributed by atoms with Crippen LogP contribution in [-0.4, -0.2) is 58.5 Å². The molecule has 2 N–H and O–H groups in total. The third-order valence-electron chi connectivity index (χ3n) is 4.67. The van der Waals surface area contributed by atoms with Crippen LogP contribution < -0.4 is 15.8 Å². The first kappa shape index (κ1) is 18.6. The number of carbonyl (C=O) groups excluding carboxylic acids is 1. The van der Waals surface area contributed by atoms with Gasteiger partial charge in [-0.15, -0.1) is 0 Å². The van der Waals surface area contributed by atoms with Gasteiger partial charge in [-0.25, -0.2) is 9.97 Å². The van der Waals surface area contributed by atoms with Gasteiger partial charge in [0.05, 0.1) is 11.7 Å². The molecule has 1 aliphatic heterocycles. The van der Waals surface area contributed by atoms with Gasteiger partial charge in [0.1, 0.15) is 17.8 Å². The Morgan fingerprint density at radius 2 is 2.22 bits per heavy atom. The molecule has 0 unspecified atom stereocenters. The molecule has 2 aromatic rings. The molecule has 1 aliphatic rings. The van der Waals surface area contributed by atoms with Crippen molar-refractivity contribution in [2.24, 2.45) is 0 Å². The molecule has 0 saturated carbocycles.